The van der Waals surface area contributed by atoms with Crippen LogP contribution in [0.2, 0.25) is 5.02 Å². The van der Waals surface area contributed by atoms with Gasteiger partial charge in [-0.2, -0.15) is 0 Å². The van der Waals surface area contributed by atoms with Gasteiger partial charge >= 0.3 is 0 Å². The van der Waals surface area contributed by atoms with Crippen LogP contribution in [0.25, 0.3) is 0 Å². The normalized spacial score (nSPS) is 16.6. The molecule has 2 nitrogen and oxygen atoms in total. The van der Waals surface area contributed by atoms with Gasteiger partial charge < -0.3 is 10.1 Å². The molecular weight excluding hydrogens is 357 g/mol. The van der Waals surface area contributed by atoms with E-state index in [1.807, 2.05) is 18.2 Å². The van der Waals surface area contributed by atoms with Gasteiger partial charge in [-0.25, -0.2) is 4.39 Å². The molecular formula is C16H14BrClFNO. The second-order valence-electron chi connectivity index (χ2n) is 5.06. The average molecular weight is 371 g/mol. The van der Waals surface area contributed by atoms with Crippen molar-refractivity contribution in [2.75, 3.05) is 6.54 Å². The fraction of sp³-hybridized carbons (Fsp3) is 0.250. The van der Waals surface area contributed by atoms with Crippen LogP contribution in [0.5, 0.6) is 5.75 Å². The van der Waals surface area contributed by atoms with Crippen LogP contribution < -0.4 is 10.1 Å². The summed E-state index contributed by atoms with van der Waals surface area (Å²) in [4.78, 5) is 0. The first-order valence-corrected chi connectivity index (χ1v) is 7.88. The summed E-state index contributed by atoms with van der Waals surface area (Å²) >= 11 is 9.40. The number of rotatable bonds is 4. The number of ether oxygens (including phenoxy) is 1. The van der Waals surface area contributed by atoms with Crippen molar-refractivity contribution in [1.82, 2.24) is 5.32 Å². The molecule has 0 aromatic heterocycles. The van der Waals surface area contributed by atoms with Crippen molar-refractivity contribution in [3.05, 3.63) is 62.8 Å². The first-order valence-electron chi connectivity index (χ1n) is 6.71. The Labute approximate surface area is 136 Å². The molecule has 1 unspecified atom stereocenters. The third kappa shape index (κ3) is 3.57. The van der Waals surface area contributed by atoms with Crippen LogP contribution in [-0.2, 0) is 13.0 Å². The average Bonchev–Trinajstić information content (AvgIpc) is 2.84. The lowest BCUT2D eigenvalue weighted by atomic mass is 10.1. The molecule has 0 fully saturated rings. The highest BCUT2D eigenvalue weighted by molar-refractivity contribution is 9.10. The van der Waals surface area contributed by atoms with Crippen molar-refractivity contribution in [3.63, 3.8) is 0 Å². The Morgan fingerprint density at radius 1 is 1.29 bits per heavy atom. The third-order valence-electron chi connectivity index (χ3n) is 3.46. The zero-order chi connectivity index (χ0) is 14.8. The SMILES string of the molecule is Fc1ccc(Br)c(CNCC2Cc3cc(Cl)ccc3O2)c1. The van der Waals surface area contributed by atoms with Crippen LogP contribution in [-0.4, -0.2) is 12.6 Å². The first kappa shape index (κ1) is 14.8. The molecule has 1 atom stereocenters. The van der Waals surface area contributed by atoms with Gasteiger partial charge in [0.2, 0.25) is 0 Å². The van der Waals surface area contributed by atoms with E-state index in [-0.39, 0.29) is 11.9 Å². The van der Waals surface area contributed by atoms with E-state index >= 15 is 0 Å². The second-order valence-corrected chi connectivity index (χ2v) is 6.35. The monoisotopic (exact) mass is 369 g/mol. The summed E-state index contributed by atoms with van der Waals surface area (Å²) in [5.41, 5.74) is 2.04. The van der Waals surface area contributed by atoms with Gasteiger partial charge in [0.25, 0.3) is 0 Å². The van der Waals surface area contributed by atoms with Crippen LogP contribution in [0.15, 0.2) is 40.9 Å². The zero-order valence-corrected chi connectivity index (χ0v) is 13.5. The number of halogens is 3. The predicted molar refractivity (Wildman–Crippen MR) is 85.4 cm³/mol. The van der Waals surface area contributed by atoms with E-state index in [1.165, 1.54) is 12.1 Å². The predicted octanol–water partition coefficient (Wildman–Crippen LogP) is 4.33. The van der Waals surface area contributed by atoms with E-state index in [0.717, 1.165) is 32.8 Å². The molecule has 110 valence electrons. The summed E-state index contributed by atoms with van der Waals surface area (Å²) in [6.45, 7) is 1.30. The maximum absolute atomic E-state index is 13.2. The Kier molecular flexibility index (Phi) is 4.48. The fourth-order valence-electron chi connectivity index (χ4n) is 2.45. The minimum Gasteiger partial charge on any atom is -0.488 e. The topological polar surface area (TPSA) is 21.3 Å². The fourth-order valence-corrected chi connectivity index (χ4v) is 3.03. The minimum atomic E-state index is -0.228. The molecule has 1 aliphatic heterocycles. The highest BCUT2D eigenvalue weighted by atomic mass is 79.9. The molecule has 0 spiro atoms. The second kappa shape index (κ2) is 6.34. The van der Waals surface area contributed by atoms with Gasteiger partial charge in [0, 0.05) is 29.0 Å². The van der Waals surface area contributed by atoms with E-state index in [4.69, 9.17) is 16.3 Å². The summed E-state index contributed by atoms with van der Waals surface area (Å²) in [6.07, 6.45) is 0.929. The molecule has 0 saturated heterocycles. The van der Waals surface area contributed by atoms with Crippen LogP contribution in [0, 0.1) is 5.82 Å². The van der Waals surface area contributed by atoms with Crippen molar-refractivity contribution >= 4 is 27.5 Å². The number of fused-ring (bicyclic) bond motifs is 1. The Hall–Kier alpha value is -1.10. The van der Waals surface area contributed by atoms with E-state index in [1.54, 1.807) is 6.07 Å². The van der Waals surface area contributed by atoms with E-state index in [0.29, 0.717) is 13.1 Å². The molecule has 1 heterocycles. The molecule has 0 saturated carbocycles. The van der Waals surface area contributed by atoms with Crippen LogP contribution in [0.4, 0.5) is 4.39 Å². The van der Waals surface area contributed by atoms with Gasteiger partial charge in [-0.1, -0.05) is 27.5 Å². The molecule has 0 amide bonds. The Morgan fingerprint density at radius 2 is 2.14 bits per heavy atom. The standard InChI is InChI=1S/C16H14BrClFNO/c17-15-3-2-13(19)6-11(15)8-20-9-14-7-10-5-12(18)1-4-16(10)21-14/h1-6,14,20H,7-9H2. The van der Waals surface area contributed by atoms with E-state index in [2.05, 4.69) is 21.2 Å². The van der Waals surface area contributed by atoms with Crippen LogP contribution >= 0.6 is 27.5 Å². The molecule has 2 aromatic carbocycles. The lowest BCUT2D eigenvalue weighted by Gasteiger charge is -2.12. The lowest BCUT2D eigenvalue weighted by molar-refractivity contribution is 0.227. The van der Waals surface area contributed by atoms with Gasteiger partial charge in [-0.3, -0.25) is 0 Å². The minimum absolute atomic E-state index is 0.0887. The molecule has 1 N–H and O–H groups in total. The van der Waals surface area contributed by atoms with Crippen molar-refractivity contribution < 1.29 is 9.13 Å². The number of hydrogen-bond donors (Lipinski definition) is 1. The summed E-state index contributed by atoms with van der Waals surface area (Å²) < 4.78 is 20.0. The van der Waals surface area contributed by atoms with E-state index < -0.39 is 0 Å². The quantitative estimate of drug-likeness (QED) is 0.864. The Bertz CT molecular complexity index is 665. The summed E-state index contributed by atoms with van der Waals surface area (Å²) in [7, 11) is 0. The molecule has 0 radical (unpaired) electrons. The highest BCUT2D eigenvalue weighted by Crippen LogP contribution is 2.30. The lowest BCUT2D eigenvalue weighted by Crippen LogP contribution is -2.29. The van der Waals surface area contributed by atoms with Crippen molar-refractivity contribution in [2.24, 2.45) is 0 Å². The summed E-state index contributed by atoms with van der Waals surface area (Å²) in [6, 6.07) is 10.4. The highest BCUT2D eigenvalue weighted by Gasteiger charge is 2.22. The maximum Gasteiger partial charge on any atom is 0.123 e. The van der Waals surface area contributed by atoms with Gasteiger partial charge in [0.05, 0.1) is 0 Å². The molecule has 3 rings (SSSR count). The molecule has 0 aliphatic carbocycles. The van der Waals surface area contributed by atoms with Gasteiger partial charge in [0.15, 0.2) is 0 Å². The maximum atomic E-state index is 13.2. The molecule has 5 heteroatoms. The van der Waals surface area contributed by atoms with E-state index in [9.17, 15) is 4.39 Å². The molecule has 1 aliphatic rings. The van der Waals surface area contributed by atoms with Crippen LogP contribution in [0.1, 0.15) is 11.1 Å². The Balaban J connectivity index is 1.54. The Morgan fingerprint density at radius 3 is 3.00 bits per heavy atom. The largest absolute Gasteiger partial charge is 0.488 e. The summed E-state index contributed by atoms with van der Waals surface area (Å²) in [5.74, 6) is 0.673. The van der Waals surface area contributed by atoms with Gasteiger partial charge in [-0.05, 0) is 47.5 Å². The third-order valence-corrected chi connectivity index (χ3v) is 4.47. The van der Waals surface area contributed by atoms with Crippen LogP contribution in [0.3, 0.4) is 0 Å². The van der Waals surface area contributed by atoms with Gasteiger partial charge in [0.1, 0.15) is 17.7 Å². The van der Waals surface area contributed by atoms with Crippen molar-refractivity contribution in [1.29, 1.82) is 0 Å². The van der Waals surface area contributed by atoms with Crippen molar-refractivity contribution in [3.8, 4) is 5.75 Å². The summed E-state index contributed by atoms with van der Waals surface area (Å²) in [5, 5.41) is 4.04. The molecule has 21 heavy (non-hydrogen) atoms. The van der Waals surface area contributed by atoms with Crippen molar-refractivity contribution in [2.45, 2.75) is 19.1 Å². The smallest absolute Gasteiger partial charge is 0.123 e. The number of hydrogen-bond acceptors (Lipinski definition) is 2. The molecule has 2 aromatic rings. The first-order chi connectivity index (χ1) is 10.1. The number of nitrogens with one attached hydrogen (secondary N) is 1. The number of benzene rings is 2. The molecule has 0 bridgehead atoms. The zero-order valence-electron chi connectivity index (χ0n) is 11.2. The van der Waals surface area contributed by atoms with Gasteiger partial charge in [-0.15, -0.1) is 0 Å².